The van der Waals surface area contributed by atoms with Gasteiger partial charge in [0.15, 0.2) is 0 Å². The molecule has 0 aromatic rings. The van der Waals surface area contributed by atoms with Crippen molar-refractivity contribution < 1.29 is 9.90 Å². The summed E-state index contributed by atoms with van der Waals surface area (Å²) < 4.78 is 0. The zero-order valence-electron chi connectivity index (χ0n) is 5.48. The van der Waals surface area contributed by atoms with Gasteiger partial charge in [0.05, 0.1) is 0 Å². The van der Waals surface area contributed by atoms with Crippen molar-refractivity contribution >= 4 is 5.97 Å². The monoisotopic (exact) mass is 141 g/mol. The molecule has 2 atom stereocenters. The summed E-state index contributed by atoms with van der Waals surface area (Å²) in [5, 5.41) is 11.8. The van der Waals surface area contributed by atoms with E-state index in [0.29, 0.717) is 6.42 Å². The zero-order valence-corrected chi connectivity index (χ0v) is 5.48. The molecule has 1 saturated carbocycles. The van der Waals surface area contributed by atoms with Crippen LogP contribution in [0.25, 0.3) is 10.4 Å². The van der Waals surface area contributed by atoms with Gasteiger partial charge in [-0.2, -0.15) is 0 Å². The van der Waals surface area contributed by atoms with Crippen LogP contribution in [0.1, 0.15) is 13.3 Å². The lowest BCUT2D eigenvalue weighted by Gasteiger charge is -1.98. The summed E-state index contributed by atoms with van der Waals surface area (Å²) in [6.45, 7) is 1.75. The Kier molecular flexibility index (Phi) is 1.30. The van der Waals surface area contributed by atoms with Gasteiger partial charge < -0.3 is 5.11 Å². The number of carboxylic acid groups (broad SMARTS) is 1. The normalized spacial score (nSPS) is 36.3. The molecule has 0 amide bonds. The molecule has 0 aromatic heterocycles. The molecule has 0 radical (unpaired) electrons. The molecule has 1 fully saturated rings. The minimum atomic E-state index is -1.12. The van der Waals surface area contributed by atoms with Crippen molar-refractivity contribution in [3.05, 3.63) is 10.4 Å². The van der Waals surface area contributed by atoms with Crippen LogP contribution in [-0.4, -0.2) is 16.6 Å². The third-order valence-corrected chi connectivity index (χ3v) is 1.87. The van der Waals surface area contributed by atoms with Crippen LogP contribution in [0.3, 0.4) is 0 Å². The Morgan fingerprint density at radius 3 is 2.60 bits per heavy atom. The van der Waals surface area contributed by atoms with E-state index in [1.54, 1.807) is 6.92 Å². The maximum absolute atomic E-state index is 10.4. The maximum atomic E-state index is 10.4. The molecule has 1 N–H and O–H groups in total. The molecule has 0 aliphatic heterocycles. The molecule has 10 heavy (non-hydrogen) atoms. The molecule has 0 heterocycles. The van der Waals surface area contributed by atoms with E-state index in [1.807, 2.05) is 0 Å². The number of nitrogens with zero attached hydrogens (tertiary/aromatic N) is 3. The quantitative estimate of drug-likeness (QED) is 0.355. The average Bonchev–Trinajstić information content (AvgIpc) is 2.44. The second-order valence-corrected chi connectivity index (χ2v) is 2.52. The largest absolute Gasteiger partial charge is 0.481 e. The first kappa shape index (κ1) is 6.89. The number of carbonyl (C=O) groups is 1. The molecule has 0 spiro atoms. The van der Waals surface area contributed by atoms with Crippen LogP contribution in [0.4, 0.5) is 0 Å². The topological polar surface area (TPSA) is 86.1 Å². The number of azide groups is 1. The lowest BCUT2D eigenvalue weighted by Crippen LogP contribution is -2.20. The Morgan fingerprint density at radius 2 is 2.50 bits per heavy atom. The third kappa shape index (κ3) is 0.717. The van der Waals surface area contributed by atoms with Crippen LogP contribution in [0.2, 0.25) is 0 Å². The summed E-state index contributed by atoms with van der Waals surface area (Å²) in [6.07, 6.45) is 0.465. The van der Waals surface area contributed by atoms with Crippen molar-refractivity contribution in [1.82, 2.24) is 0 Å². The van der Waals surface area contributed by atoms with Gasteiger partial charge >= 0.3 is 5.97 Å². The Morgan fingerprint density at radius 1 is 2.00 bits per heavy atom. The van der Waals surface area contributed by atoms with Gasteiger partial charge in [-0.25, -0.2) is 0 Å². The van der Waals surface area contributed by atoms with Crippen LogP contribution >= 0.6 is 0 Å². The molecule has 1 aliphatic carbocycles. The smallest absolute Gasteiger partial charge is 0.315 e. The minimum Gasteiger partial charge on any atom is -0.481 e. The predicted molar refractivity (Wildman–Crippen MR) is 33.3 cm³/mol. The highest BCUT2D eigenvalue weighted by atomic mass is 16.4. The highest BCUT2D eigenvalue weighted by Gasteiger charge is 2.57. The molecule has 1 aliphatic rings. The van der Waals surface area contributed by atoms with E-state index in [9.17, 15) is 4.79 Å². The standard InChI is InChI=1S/C5H7N3O2/c1-3-2-5(3,4(9)10)7-8-6/h3H,2H2,1H3,(H,9,10). The summed E-state index contributed by atoms with van der Waals surface area (Å²) >= 11 is 0. The van der Waals surface area contributed by atoms with Gasteiger partial charge in [0, 0.05) is 4.91 Å². The van der Waals surface area contributed by atoms with Crippen LogP contribution in [0.15, 0.2) is 5.11 Å². The fourth-order valence-electron chi connectivity index (χ4n) is 0.968. The molecule has 0 aromatic carbocycles. The fraction of sp³-hybridized carbons (Fsp3) is 0.800. The molecule has 54 valence electrons. The van der Waals surface area contributed by atoms with E-state index in [1.165, 1.54) is 0 Å². The molecular weight excluding hydrogens is 134 g/mol. The summed E-state index contributed by atoms with van der Waals surface area (Å²) in [7, 11) is 0. The van der Waals surface area contributed by atoms with Crippen LogP contribution in [0, 0.1) is 5.92 Å². The van der Waals surface area contributed by atoms with Gasteiger partial charge in [-0.3, -0.25) is 4.79 Å². The fourth-order valence-corrected chi connectivity index (χ4v) is 0.968. The Hall–Kier alpha value is -1.22. The highest BCUT2D eigenvalue weighted by Crippen LogP contribution is 2.46. The van der Waals surface area contributed by atoms with E-state index in [-0.39, 0.29) is 5.92 Å². The second-order valence-electron chi connectivity index (χ2n) is 2.52. The number of rotatable bonds is 2. The number of aliphatic carboxylic acids is 1. The molecule has 5 heteroatoms. The van der Waals surface area contributed by atoms with Crippen molar-refractivity contribution in [3.63, 3.8) is 0 Å². The molecule has 0 bridgehead atoms. The number of carboxylic acids is 1. The molecule has 1 rings (SSSR count). The molecule has 5 nitrogen and oxygen atoms in total. The van der Waals surface area contributed by atoms with Crippen LogP contribution < -0.4 is 0 Å². The van der Waals surface area contributed by atoms with Crippen LogP contribution in [0.5, 0.6) is 0 Å². The lowest BCUT2D eigenvalue weighted by atomic mass is 10.2. The first-order valence-electron chi connectivity index (χ1n) is 2.93. The summed E-state index contributed by atoms with van der Waals surface area (Å²) in [5.74, 6) is -1.03. The van der Waals surface area contributed by atoms with Gasteiger partial charge in [0.1, 0.15) is 5.54 Å². The van der Waals surface area contributed by atoms with Crippen LogP contribution in [-0.2, 0) is 4.79 Å². The van der Waals surface area contributed by atoms with Gasteiger partial charge in [-0.15, -0.1) is 0 Å². The summed E-state index contributed by atoms with van der Waals surface area (Å²) in [5.41, 5.74) is 6.89. The van der Waals surface area contributed by atoms with Crippen molar-refractivity contribution in [2.75, 3.05) is 0 Å². The van der Waals surface area contributed by atoms with E-state index in [0.717, 1.165) is 0 Å². The lowest BCUT2D eigenvalue weighted by molar-refractivity contribution is -0.139. The summed E-state index contributed by atoms with van der Waals surface area (Å²) in [4.78, 5) is 12.9. The second kappa shape index (κ2) is 1.88. The van der Waals surface area contributed by atoms with E-state index < -0.39 is 11.5 Å². The minimum absolute atomic E-state index is 0.0131. The van der Waals surface area contributed by atoms with Gasteiger partial charge in [-0.05, 0) is 17.9 Å². The summed E-state index contributed by atoms with van der Waals surface area (Å²) in [6, 6.07) is 0. The number of hydrogen-bond donors (Lipinski definition) is 1. The van der Waals surface area contributed by atoms with Gasteiger partial charge in [-0.1, -0.05) is 12.0 Å². The first-order valence-corrected chi connectivity index (χ1v) is 2.93. The molecular formula is C5H7N3O2. The van der Waals surface area contributed by atoms with Gasteiger partial charge in [0.25, 0.3) is 0 Å². The highest BCUT2D eigenvalue weighted by molar-refractivity contribution is 5.83. The first-order chi connectivity index (χ1) is 4.63. The van der Waals surface area contributed by atoms with Crippen molar-refractivity contribution in [2.45, 2.75) is 18.9 Å². The Balaban J connectivity index is 2.83. The third-order valence-electron chi connectivity index (χ3n) is 1.87. The SMILES string of the molecule is CC1CC1(N=[N+]=[N-])C(=O)O. The van der Waals surface area contributed by atoms with Crippen molar-refractivity contribution in [2.24, 2.45) is 11.0 Å². The Bertz CT molecular complexity index is 217. The average molecular weight is 141 g/mol. The Labute approximate surface area is 57.3 Å². The van der Waals surface area contributed by atoms with Crippen molar-refractivity contribution in [1.29, 1.82) is 0 Å². The number of hydrogen-bond acceptors (Lipinski definition) is 2. The van der Waals surface area contributed by atoms with E-state index in [4.69, 9.17) is 10.6 Å². The molecule has 0 saturated heterocycles. The predicted octanol–water partition coefficient (Wildman–Crippen LogP) is 1.16. The van der Waals surface area contributed by atoms with E-state index >= 15 is 0 Å². The zero-order chi connectivity index (χ0) is 7.78. The van der Waals surface area contributed by atoms with E-state index in [2.05, 4.69) is 10.0 Å². The van der Waals surface area contributed by atoms with Crippen molar-refractivity contribution in [3.8, 4) is 0 Å². The maximum Gasteiger partial charge on any atom is 0.315 e. The van der Waals surface area contributed by atoms with Gasteiger partial charge in [0.2, 0.25) is 0 Å². The molecule has 2 unspecified atom stereocenters.